The first kappa shape index (κ1) is 12.3. The molecule has 0 aromatic heterocycles. The number of hydrogen-bond acceptors (Lipinski definition) is 3. The summed E-state index contributed by atoms with van der Waals surface area (Å²) < 4.78 is 4.69. The highest BCUT2D eigenvalue weighted by Crippen LogP contribution is 2.50. The van der Waals surface area contributed by atoms with Gasteiger partial charge in [0, 0.05) is 6.42 Å². The average Bonchev–Trinajstić information content (AvgIpc) is 2.31. The molecule has 0 amide bonds. The SMILES string of the molecule is COC(=O)C1=C[C@]2(C)[C@@H](CCC[C@H]2C)CC1=O. The first-order valence-corrected chi connectivity index (χ1v) is 6.33. The van der Waals surface area contributed by atoms with E-state index in [1.807, 2.05) is 6.08 Å². The largest absolute Gasteiger partial charge is 0.465 e. The molecule has 1 fully saturated rings. The highest BCUT2D eigenvalue weighted by atomic mass is 16.5. The van der Waals surface area contributed by atoms with Crippen LogP contribution >= 0.6 is 0 Å². The Morgan fingerprint density at radius 1 is 1.47 bits per heavy atom. The summed E-state index contributed by atoms with van der Waals surface area (Å²) in [5.41, 5.74) is 0.246. The molecule has 0 spiro atoms. The number of hydrogen-bond donors (Lipinski definition) is 0. The van der Waals surface area contributed by atoms with Crippen LogP contribution in [0.3, 0.4) is 0 Å². The Hall–Kier alpha value is -1.12. The maximum atomic E-state index is 11.9. The van der Waals surface area contributed by atoms with Crippen molar-refractivity contribution in [2.24, 2.45) is 17.3 Å². The quantitative estimate of drug-likeness (QED) is 0.519. The highest BCUT2D eigenvalue weighted by Gasteiger charge is 2.45. The summed E-state index contributed by atoms with van der Waals surface area (Å²) >= 11 is 0. The number of methoxy groups -OCH3 is 1. The summed E-state index contributed by atoms with van der Waals surface area (Å²) in [5.74, 6) is 0.391. The van der Waals surface area contributed by atoms with Gasteiger partial charge in [0.1, 0.15) is 0 Å². The van der Waals surface area contributed by atoms with Crippen LogP contribution in [0.5, 0.6) is 0 Å². The van der Waals surface area contributed by atoms with Crippen molar-refractivity contribution in [1.29, 1.82) is 0 Å². The van der Waals surface area contributed by atoms with Gasteiger partial charge in [0.15, 0.2) is 5.78 Å². The van der Waals surface area contributed by atoms with Gasteiger partial charge in [-0.1, -0.05) is 26.3 Å². The summed E-state index contributed by atoms with van der Waals surface area (Å²) in [6, 6.07) is 0. The lowest BCUT2D eigenvalue weighted by atomic mass is 9.57. The predicted molar refractivity (Wildman–Crippen MR) is 64.3 cm³/mol. The van der Waals surface area contributed by atoms with Crippen molar-refractivity contribution >= 4 is 11.8 Å². The van der Waals surface area contributed by atoms with Gasteiger partial charge in [0.2, 0.25) is 0 Å². The Morgan fingerprint density at radius 3 is 2.82 bits per heavy atom. The smallest absolute Gasteiger partial charge is 0.341 e. The van der Waals surface area contributed by atoms with E-state index in [1.54, 1.807) is 0 Å². The first-order chi connectivity index (χ1) is 7.99. The number of allylic oxidation sites excluding steroid dienone is 1. The number of esters is 1. The molecule has 0 N–H and O–H groups in total. The maximum Gasteiger partial charge on any atom is 0.341 e. The Labute approximate surface area is 102 Å². The minimum absolute atomic E-state index is 0.0182. The lowest BCUT2D eigenvalue weighted by molar-refractivity contribution is -0.138. The van der Waals surface area contributed by atoms with E-state index in [2.05, 4.69) is 13.8 Å². The van der Waals surface area contributed by atoms with Gasteiger partial charge in [-0.2, -0.15) is 0 Å². The number of fused-ring (bicyclic) bond motifs is 1. The molecule has 0 radical (unpaired) electrons. The molecule has 0 heterocycles. The van der Waals surface area contributed by atoms with Gasteiger partial charge in [-0.3, -0.25) is 4.79 Å². The van der Waals surface area contributed by atoms with Crippen LogP contribution in [0.2, 0.25) is 0 Å². The van der Waals surface area contributed by atoms with Crippen LogP contribution in [0.15, 0.2) is 11.6 Å². The topological polar surface area (TPSA) is 43.4 Å². The van der Waals surface area contributed by atoms with E-state index in [1.165, 1.54) is 20.0 Å². The molecule has 0 unspecified atom stereocenters. The van der Waals surface area contributed by atoms with Crippen molar-refractivity contribution in [1.82, 2.24) is 0 Å². The van der Waals surface area contributed by atoms with Gasteiger partial charge in [-0.15, -0.1) is 0 Å². The zero-order valence-corrected chi connectivity index (χ0v) is 10.8. The molecule has 1 saturated carbocycles. The molecule has 0 aliphatic heterocycles. The zero-order valence-electron chi connectivity index (χ0n) is 10.8. The molecule has 0 saturated heterocycles. The number of ether oxygens (including phenoxy) is 1. The van der Waals surface area contributed by atoms with E-state index in [9.17, 15) is 9.59 Å². The van der Waals surface area contributed by atoms with E-state index in [-0.39, 0.29) is 16.8 Å². The fourth-order valence-electron chi connectivity index (χ4n) is 3.28. The molecule has 3 heteroatoms. The molecule has 0 bridgehead atoms. The van der Waals surface area contributed by atoms with Gasteiger partial charge < -0.3 is 4.74 Å². The molecule has 17 heavy (non-hydrogen) atoms. The van der Waals surface area contributed by atoms with E-state index in [0.717, 1.165) is 6.42 Å². The van der Waals surface area contributed by atoms with Crippen molar-refractivity contribution in [3.05, 3.63) is 11.6 Å². The third kappa shape index (κ3) is 1.92. The van der Waals surface area contributed by atoms with Crippen LogP contribution in [0.25, 0.3) is 0 Å². The summed E-state index contributed by atoms with van der Waals surface area (Å²) in [6.45, 7) is 4.39. The molecular weight excluding hydrogens is 216 g/mol. The number of rotatable bonds is 1. The summed E-state index contributed by atoms with van der Waals surface area (Å²) in [4.78, 5) is 23.5. The van der Waals surface area contributed by atoms with E-state index in [4.69, 9.17) is 4.74 Å². The van der Waals surface area contributed by atoms with Crippen molar-refractivity contribution < 1.29 is 14.3 Å². The van der Waals surface area contributed by atoms with Gasteiger partial charge in [-0.05, 0) is 30.1 Å². The molecule has 3 nitrogen and oxygen atoms in total. The predicted octanol–water partition coefficient (Wildman–Crippen LogP) is 2.50. The molecule has 94 valence electrons. The lowest BCUT2D eigenvalue weighted by Gasteiger charge is -2.46. The number of ketones is 1. The fourth-order valence-corrected chi connectivity index (χ4v) is 3.28. The number of Topliss-reactive ketones (excluding diaryl/α,β-unsaturated/α-hetero) is 1. The van der Waals surface area contributed by atoms with Crippen LogP contribution < -0.4 is 0 Å². The van der Waals surface area contributed by atoms with Gasteiger partial charge >= 0.3 is 5.97 Å². The van der Waals surface area contributed by atoms with E-state index in [0.29, 0.717) is 18.3 Å². The summed E-state index contributed by atoms with van der Waals surface area (Å²) in [6.07, 6.45) is 5.85. The summed E-state index contributed by atoms with van der Waals surface area (Å²) in [5, 5.41) is 0. The molecule has 0 aromatic rings. The van der Waals surface area contributed by atoms with Gasteiger partial charge in [0.05, 0.1) is 12.7 Å². The monoisotopic (exact) mass is 236 g/mol. The van der Waals surface area contributed by atoms with E-state index >= 15 is 0 Å². The third-order valence-corrected chi connectivity index (χ3v) is 4.72. The zero-order chi connectivity index (χ0) is 12.6. The number of carbonyl (C=O) groups excluding carboxylic acids is 2. The Kier molecular flexibility index (Phi) is 3.11. The second kappa shape index (κ2) is 4.28. The molecule has 2 rings (SSSR count). The van der Waals surface area contributed by atoms with Crippen molar-refractivity contribution in [2.75, 3.05) is 7.11 Å². The fraction of sp³-hybridized carbons (Fsp3) is 0.714. The lowest BCUT2D eigenvalue weighted by Crippen LogP contribution is -2.42. The molecule has 2 aliphatic rings. The molecular formula is C14H20O3. The maximum absolute atomic E-state index is 11.9. The van der Waals surface area contributed by atoms with Crippen molar-refractivity contribution in [3.8, 4) is 0 Å². The van der Waals surface area contributed by atoms with Gasteiger partial charge in [-0.25, -0.2) is 4.79 Å². The highest BCUT2D eigenvalue weighted by molar-refractivity contribution is 6.18. The summed E-state index contributed by atoms with van der Waals surface area (Å²) in [7, 11) is 1.33. The average molecular weight is 236 g/mol. The van der Waals surface area contributed by atoms with Crippen molar-refractivity contribution in [2.45, 2.75) is 39.5 Å². The van der Waals surface area contributed by atoms with E-state index < -0.39 is 5.97 Å². The third-order valence-electron chi connectivity index (χ3n) is 4.72. The Bertz CT molecular complexity index is 383. The van der Waals surface area contributed by atoms with Crippen molar-refractivity contribution in [3.63, 3.8) is 0 Å². The normalized spacial score (nSPS) is 37.1. The number of carbonyl (C=O) groups is 2. The van der Waals surface area contributed by atoms with Crippen LogP contribution in [-0.2, 0) is 14.3 Å². The Morgan fingerprint density at radius 2 is 2.18 bits per heavy atom. The van der Waals surface area contributed by atoms with Crippen LogP contribution in [0, 0.1) is 17.3 Å². The van der Waals surface area contributed by atoms with Crippen LogP contribution in [-0.4, -0.2) is 18.9 Å². The van der Waals surface area contributed by atoms with Crippen LogP contribution in [0.1, 0.15) is 39.5 Å². The minimum atomic E-state index is -0.479. The second-order valence-corrected chi connectivity index (χ2v) is 5.57. The second-order valence-electron chi connectivity index (χ2n) is 5.57. The van der Waals surface area contributed by atoms with Crippen LogP contribution in [0.4, 0.5) is 0 Å². The minimum Gasteiger partial charge on any atom is -0.465 e. The molecule has 2 aliphatic carbocycles. The molecule has 3 atom stereocenters. The molecule has 0 aromatic carbocycles. The first-order valence-electron chi connectivity index (χ1n) is 6.33. The van der Waals surface area contributed by atoms with Gasteiger partial charge in [0.25, 0.3) is 0 Å². The standard InChI is InChI=1S/C14H20O3/c1-9-5-4-6-10-7-12(15)11(13(16)17-3)8-14(9,10)2/h8-10H,4-7H2,1-3H3/t9-,10+,14+/m1/s1. The Balaban J connectivity index is 2.39.